The number of fused-ring (bicyclic) bond motifs is 8. The summed E-state index contributed by atoms with van der Waals surface area (Å²) >= 11 is 0. The lowest BCUT2D eigenvalue weighted by atomic mass is 9.74. The molecule has 1 aliphatic carbocycles. The van der Waals surface area contributed by atoms with Gasteiger partial charge < -0.3 is 8.83 Å². The van der Waals surface area contributed by atoms with E-state index in [1.54, 1.807) is 0 Å². The zero-order valence-electron chi connectivity index (χ0n) is 24.6. The molecule has 0 N–H and O–H groups in total. The summed E-state index contributed by atoms with van der Waals surface area (Å²) in [6.45, 7) is 11.6. The normalized spacial score (nSPS) is 14.6. The first-order valence-corrected chi connectivity index (χ1v) is 14.8. The summed E-state index contributed by atoms with van der Waals surface area (Å²) in [5, 5.41) is 9.54. The van der Waals surface area contributed by atoms with Crippen LogP contribution in [0.25, 0.3) is 76.7 Å². The van der Waals surface area contributed by atoms with Crippen LogP contribution in [0.15, 0.2) is 93.9 Å². The molecule has 0 unspecified atom stereocenters. The van der Waals surface area contributed by atoms with Gasteiger partial charge in [-0.2, -0.15) is 0 Å². The van der Waals surface area contributed by atoms with Crippen molar-refractivity contribution in [3.63, 3.8) is 0 Å². The van der Waals surface area contributed by atoms with Crippen molar-refractivity contribution in [2.75, 3.05) is 0 Å². The Morgan fingerprint density at radius 2 is 1.40 bits per heavy atom. The van der Waals surface area contributed by atoms with Crippen LogP contribution in [0.4, 0.5) is 0 Å². The molecule has 0 bridgehead atoms. The van der Waals surface area contributed by atoms with Crippen molar-refractivity contribution in [2.45, 2.75) is 46.5 Å². The van der Waals surface area contributed by atoms with Gasteiger partial charge in [0.2, 0.25) is 0 Å². The van der Waals surface area contributed by atoms with Crippen molar-refractivity contribution in [3.8, 4) is 11.3 Å². The van der Waals surface area contributed by atoms with Gasteiger partial charge in [-0.25, -0.2) is 0 Å². The van der Waals surface area contributed by atoms with E-state index in [0.717, 1.165) is 56.2 Å². The highest BCUT2D eigenvalue weighted by molar-refractivity contribution is 6.19. The maximum absolute atomic E-state index is 6.60. The predicted molar refractivity (Wildman–Crippen MR) is 175 cm³/mol. The van der Waals surface area contributed by atoms with Gasteiger partial charge in [-0.3, -0.25) is 4.98 Å². The molecule has 0 spiro atoms. The average molecular weight is 546 g/mol. The molecule has 3 heteroatoms. The highest BCUT2D eigenvalue weighted by Crippen LogP contribution is 2.51. The molecule has 9 rings (SSSR count). The smallest absolute Gasteiger partial charge is 0.139 e. The first-order valence-electron chi connectivity index (χ1n) is 14.8. The zero-order valence-corrected chi connectivity index (χ0v) is 24.6. The quantitative estimate of drug-likeness (QED) is 0.193. The fourth-order valence-electron chi connectivity index (χ4n) is 7.49. The molecule has 0 aliphatic heterocycles. The number of hydrogen-bond donors (Lipinski definition) is 0. The molecule has 5 aromatic carbocycles. The summed E-state index contributed by atoms with van der Waals surface area (Å²) < 4.78 is 13.1. The zero-order chi connectivity index (χ0) is 28.5. The van der Waals surface area contributed by atoms with Crippen LogP contribution in [-0.4, -0.2) is 4.98 Å². The molecule has 8 aromatic rings. The summed E-state index contributed by atoms with van der Waals surface area (Å²) in [4.78, 5) is 4.98. The van der Waals surface area contributed by atoms with E-state index in [9.17, 15) is 0 Å². The lowest BCUT2D eigenvalue weighted by molar-refractivity contribution is 0.411. The van der Waals surface area contributed by atoms with Gasteiger partial charge in [-0.1, -0.05) is 77.1 Å². The van der Waals surface area contributed by atoms with Crippen molar-refractivity contribution in [2.24, 2.45) is 5.41 Å². The van der Waals surface area contributed by atoms with Gasteiger partial charge in [0.1, 0.15) is 22.3 Å². The van der Waals surface area contributed by atoms with Crippen molar-refractivity contribution >= 4 is 65.4 Å². The van der Waals surface area contributed by atoms with Gasteiger partial charge in [0.25, 0.3) is 0 Å². The van der Waals surface area contributed by atoms with Gasteiger partial charge in [-0.05, 0) is 86.5 Å². The number of nitrogens with zero attached hydrogens (tertiary/aromatic N) is 1. The largest absolute Gasteiger partial charge is 0.456 e. The molecule has 3 nitrogen and oxygen atoms in total. The number of furan rings is 2. The van der Waals surface area contributed by atoms with Crippen LogP contribution in [0, 0.1) is 5.41 Å². The van der Waals surface area contributed by atoms with E-state index < -0.39 is 0 Å². The highest BCUT2D eigenvalue weighted by atomic mass is 16.3. The van der Waals surface area contributed by atoms with E-state index in [0.29, 0.717) is 0 Å². The second-order valence-electron chi connectivity index (χ2n) is 13.9. The van der Waals surface area contributed by atoms with Gasteiger partial charge in [-0.15, -0.1) is 0 Å². The molecule has 0 saturated carbocycles. The number of aromatic nitrogens is 1. The van der Waals surface area contributed by atoms with Gasteiger partial charge in [0.05, 0.1) is 11.1 Å². The summed E-state index contributed by atoms with van der Waals surface area (Å²) in [6.07, 6.45) is 2.85. The van der Waals surface area contributed by atoms with Crippen molar-refractivity contribution in [1.82, 2.24) is 4.98 Å². The third kappa shape index (κ3) is 3.19. The Morgan fingerprint density at radius 3 is 2.26 bits per heavy atom. The maximum atomic E-state index is 6.60. The van der Waals surface area contributed by atoms with E-state index in [4.69, 9.17) is 13.8 Å². The average Bonchev–Trinajstić information content (AvgIpc) is 3.48. The predicted octanol–water partition coefficient (Wildman–Crippen LogP) is 11.1. The topological polar surface area (TPSA) is 39.2 Å². The van der Waals surface area contributed by atoms with Crippen LogP contribution in [0.5, 0.6) is 0 Å². The molecule has 3 heterocycles. The molecule has 0 saturated heterocycles. The van der Waals surface area contributed by atoms with Crippen molar-refractivity contribution in [3.05, 3.63) is 102 Å². The second-order valence-corrected chi connectivity index (χ2v) is 13.9. The van der Waals surface area contributed by atoms with Gasteiger partial charge in [0, 0.05) is 33.3 Å². The lowest BCUT2D eigenvalue weighted by Gasteiger charge is -2.29. The molecule has 0 fully saturated rings. The second kappa shape index (κ2) is 7.80. The van der Waals surface area contributed by atoms with E-state index in [2.05, 4.69) is 107 Å². The van der Waals surface area contributed by atoms with E-state index in [1.807, 2.05) is 12.3 Å². The molecule has 1 aliphatic rings. The standard InChI is InChI=1S/C39H31NO2/c1-38(2,3)20-21-14-30-35-34(15-21)41-31-12-13-40-37(36(31)35)28-19-33-27(18-29(28)39(30,4)5)26-17-25-23(16-32(26)42-33)11-10-22-8-6-7-9-24(22)25/h6-19H,20H2,1-5H3. The SMILES string of the molecule is CC(C)(C)Cc1cc2c3c(c1)oc1ccnc(c13)-c1cc3oc4cc5ccc6ccccc6c5cc4c3cc1C2(C)C. The lowest BCUT2D eigenvalue weighted by Crippen LogP contribution is -2.20. The van der Waals surface area contributed by atoms with Crippen LogP contribution < -0.4 is 0 Å². The molecule has 0 amide bonds. The minimum absolute atomic E-state index is 0.167. The first kappa shape index (κ1) is 24.0. The Labute approximate surface area is 243 Å². The maximum Gasteiger partial charge on any atom is 0.139 e. The minimum Gasteiger partial charge on any atom is -0.456 e. The molecule has 3 aromatic heterocycles. The monoisotopic (exact) mass is 545 g/mol. The van der Waals surface area contributed by atoms with Crippen LogP contribution in [-0.2, 0) is 11.8 Å². The fraction of sp³-hybridized carbons (Fsp3) is 0.205. The third-order valence-corrected chi connectivity index (χ3v) is 9.36. The van der Waals surface area contributed by atoms with Gasteiger partial charge >= 0.3 is 0 Å². The molecule has 42 heavy (non-hydrogen) atoms. The van der Waals surface area contributed by atoms with Crippen molar-refractivity contribution < 1.29 is 8.83 Å². The van der Waals surface area contributed by atoms with E-state index in [-0.39, 0.29) is 10.8 Å². The molecule has 0 atom stereocenters. The van der Waals surface area contributed by atoms with Crippen LogP contribution >= 0.6 is 0 Å². The number of pyridine rings is 1. The summed E-state index contributed by atoms with van der Waals surface area (Å²) in [5.74, 6) is 0. The molecular weight excluding hydrogens is 514 g/mol. The summed E-state index contributed by atoms with van der Waals surface area (Å²) in [7, 11) is 0. The Morgan fingerprint density at radius 1 is 0.643 bits per heavy atom. The first-order chi connectivity index (χ1) is 20.2. The minimum atomic E-state index is -0.291. The summed E-state index contributed by atoms with van der Waals surface area (Å²) in [5.41, 5.74) is 9.46. The van der Waals surface area contributed by atoms with Crippen LogP contribution in [0.3, 0.4) is 0 Å². The van der Waals surface area contributed by atoms with Crippen LogP contribution in [0.1, 0.15) is 51.3 Å². The molecule has 204 valence electrons. The Hall–Kier alpha value is -4.63. The van der Waals surface area contributed by atoms with Crippen LogP contribution in [0.2, 0.25) is 0 Å². The fourth-order valence-corrected chi connectivity index (χ4v) is 7.49. The van der Waals surface area contributed by atoms with E-state index >= 15 is 0 Å². The van der Waals surface area contributed by atoms with E-state index in [1.165, 1.54) is 43.6 Å². The Balaban J connectivity index is 1.39. The number of rotatable bonds is 1. The number of benzene rings is 5. The Bertz CT molecular complexity index is 2450. The van der Waals surface area contributed by atoms with Crippen molar-refractivity contribution in [1.29, 1.82) is 0 Å². The Kier molecular flexibility index (Phi) is 4.46. The summed E-state index contributed by atoms with van der Waals surface area (Å²) in [6, 6.07) is 28.8. The molecule has 0 radical (unpaired) electrons. The van der Waals surface area contributed by atoms with Gasteiger partial charge in [0.15, 0.2) is 0 Å². The highest BCUT2D eigenvalue weighted by Gasteiger charge is 2.36. The third-order valence-electron chi connectivity index (χ3n) is 9.36. The molecular formula is C39H31NO2. The number of hydrogen-bond acceptors (Lipinski definition) is 3.